The first kappa shape index (κ1) is 20.9. The minimum Gasteiger partial charge on any atom is -0.444 e. The van der Waals surface area contributed by atoms with E-state index < -0.39 is 5.82 Å². The molecule has 0 radical (unpaired) electrons. The summed E-state index contributed by atoms with van der Waals surface area (Å²) in [6, 6.07) is 1.60. The van der Waals surface area contributed by atoms with E-state index in [0.717, 1.165) is 24.4 Å². The van der Waals surface area contributed by atoms with Crippen LogP contribution < -0.4 is 5.32 Å². The van der Waals surface area contributed by atoms with E-state index in [1.165, 1.54) is 0 Å². The van der Waals surface area contributed by atoms with E-state index in [1.807, 2.05) is 0 Å². The Morgan fingerprint density at radius 2 is 2.25 bits per heavy atom. The highest BCUT2D eigenvalue weighted by atomic mass is 35.5. The second-order valence-electron chi connectivity index (χ2n) is 7.94. The number of fused-ring (bicyclic) bond motifs is 1. The minimum absolute atomic E-state index is 0.0868. The third-order valence-corrected chi connectivity index (χ3v) is 5.87. The van der Waals surface area contributed by atoms with Crippen LogP contribution in [0.15, 0.2) is 24.7 Å². The molecule has 11 heteroatoms. The normalized spacial score (nSPS) is 21.1. The fourth-order valence-corrected chi connectivity index (χ4v) is 4.20. The molecular weight excluding hydrogens is 439 g/mol. The van der Waals surface area contributed by atoms with E-state index in [4.69, 9.17) is 21.1 Å². The molecule has 0 aliphatic carbocycles. The number of halogens is 2. The molecule has 0 aromatic carbocycles. The van der Waals surface area contributed by atoms with Crippen molar-refractivity contribution in [3.63, 3.8) is 0 Å². The van der Waals surface area contributed by atoms with E-state index in [1.54, 1.807) is 23.4 Å². The fraction of sp³-hybridized carbons (Fsp3) is 0.429. The number of rotatable bonds is 4. The second-order valence-corrected chi connectivity index (χ2v) is 8.38. The van der Waals surface area contributed by atoms with Gasteiger partial charge in [-0.15, -0.1) is 0 Å². The molecule has 5 rings (SSSR count). The summed E-state index contributed by atoms with van der Waals surface area (Å²) in [5.41, 5.74) is 1.31. The van der Waals surface area contributed by atoms with Crippen LogP contribution in [0.2, 0.25) is 5.02 Å². The monoisotopic (exact) mass is 460 g/mol. The van der Waals surface area contributed by atoms with Crippen molar-refractivity contribution < 1.29 is 18.7 Å². The lowest BCUT2D eigenvalue weighted by Gasteiger charge is -2.33. The second kappa shape index (κ2) is 8.87. The standard InChI is InChI=1S/C21H22ClFN6O3/c22-12-6-15-16(8-25-18(15)24-7-12)19-26-9-17(23)20(28-19)27-13-2-1-4-29(10-13)21(30)32-14-3-5-31-11-14/h6-9,13-14H,1-5,10-11H2,(H,24,25)(H,26,27,28)/t13-,14-/m0/s1. The molecule has 32 heavy (non-hydrogen) atoms. The van der Waals surface area contributed by atoms with Gasteiger partial charge >= 0.3 is 6.09 Å². The molecule has 2 aliphatic heterocycles. The molecule has 2 N–H and O–H groups in total. The van der Waals surface area contributed by atoms with E-state index in [0.29, 0.717) is 54.8 Å². The summed E-state index contributed by atoms with van der Waals surface area (Å²) in [4.78, 5) is 29.9. The molecular formula is C21H22ClFN6O3. The third-order valence-electron chi connectivity index (χ3n) is 5.66. The predicted molar refractivity (Wildman–Crippen MR) is 116 cm³/mol. The van der Waals surface area contributed by atoms with Crippen molar-refractivity contribution in [2.75, 3.05) is 31.6 Å². The third kappa shape index (κ3) is 4.33. The minimum atomic E-state index is -0.562. The Balaban J connectivity index is 1.31. The van der Waals surface area contributed by atoms with Crippen LogP contribution in [0.4, 0.5) is 15.0 Å². The van der Waals surface area contributed by atoms with Crippen LogP contribution in [-0.2, 0) is 9.47 Å². The summed E-state index contributed by atoms with van der Waals surface area (Å²) in [6.45, 7) is 2.05. The van der Waals surface area contributed by atoms with Gasteiger partial charge in [-0.2, -0.15) is 0 Å². The first-order valence-electron chi connectivity index (χ1n) is 10.5. The Bertz CT molecular complexity index is 1140. The molecule has 168 valence electrons. The van der Waals surface area contributed by atoms with Gasteiger partial charge in [0.25, 0.3) is 0 Å². The molecule has 3 aromatic heterocycles. The summed E-state index contributed by atoms with van der Waals surface area (Å²) in [7, 11) is 0. The molecule has 0 spiro atoms. The fourth-order valence-electron chi connectivity index (χ4n) is 4.04. The first-order valence-corrected chi connectivity index (χ1v) is 10.9. The maximum atomic E-state index is 14.5. The highest BCUT2D eigenvalue weighted by molar-refractivity contribution is 6.31. The van der Waals surface area contributed by atoms with Gasteiger partial charge in [0.1, 0.15) is 11.8 Å². The molecule has 0 bridgehead atoms. The van der Waals surface area contributed by atoms with Gasteiger partial charge in [0.05, 0.1) is 24.4 Å². The van der Waals surface area contributed by atoms with E-state index in [-0.39, 0.29) is 24.1 Å². The number of anilines is 1. The van der Waals surface area contributed by atoms with Crippen molar-refractivity contribution in [1.82, 2.24) is 24.8 Å². The number of nitrogens with one attached hydrogen (secondary N) is 2. The van der Waals surface area contributed by atoms with Crippen molar-refractivity contribution >= 4 is 34.5 Å². The number of ether oxygens (including phenoxy) is 2. The van der Waals surface area contributed by atoms with E-state index in [2.05, 4.69) is 25.3 Å². The number of pyridine rings is 1. The summed E-state index contributed by atoms with van der Waals surface area (Å²) in [5, 5.41) is 4.37. The Morgan fingerprint density at radius 1 is 1.34 bits per heavy atom. The van der Waals surface area contributed by atoms with E-state index in [9.17, 15) is 9.18 Å². The smallest absolute Gasteiger partial charge is 0.410 e. The number of nitrogens with zero attached hydrogens (tertiary/aromatic N) is 4. The highest BCUT2D eigenvalue weighted by Crippen LogP contribution is 2.28. The maximum absolute atomic E-state index is 14.5. The molecule has 9 nitrogen and oxygen atoms in total. The topological polar surface area (TPSA) is 105 Å². The number of carbonyl (C=O) groups is 1. The molecule has 2 atom stereocenters. The van der Waals surface area contributed by atoms with Gasteiger partial charge < -0.3 is 24.7 Å². The SMILES string of the molecule is O=C(O[C@H]1CCOC1)N1CCC[C@H](Nc2nc(-c3c[nH]c4ncc(Cl)cc34)ncc2F)C1. The number of amides is 1. The zero-order valence-corrected chi connectivity index (χ0v) is 17.9. The molecule has 3 aromatic rings. The van der Waals surface area contributed by atoms with Gasteiger partial charge in [-0.1, -0.05) is 11.6 Å². The molecule has 1 amide bonds. The first-order chi connectivity index (χ1) is 15.6. The molecule has 5 heterocycles. The van der Waals surface area contributed by atoms with E-state index >= 15 is 0 Å². The summed E-state index contributed by atoms with van der Waals surface area (Å²) >= 11 is 6.07. The largest absolute Gasteiger partial charge is 0.444 e. The van der Waals surface area contributed by atoms with Crippen molar-refractivity contribution in [3.8, 4) is 11.4 Å². The lowest BCUT2D eigenvalue weighted by molar-refractivity contribution is 0.0492. The van der Waals surface area contributed by atoms with Crippen molar-refractivity contribution in [2.45, 2.75) is 31.4 Å². The summed E-state index contributed by atoms with van der Waals surface area (Å²) in [6.07, 6.45) is 6.11. The molecule has 0 unspecified atom stereocenters. The van der Waals surface area contributed by atoms with Crippen LogP contribution >= 0.6 is 11.6 Å². The Labute approximate surface area is 188 Å². The van der Waals surface area contributed by atoms with Gasteiger partial charge in [-0.25, -0.2) is 24.1 Å². The van der Waals surface area contributed by atoms with Gasteiger partial charge in [-0.3, -0.25) is 0 Å². The number of aromatic amines is 1. The van der Waals surface area contributed by atoms with Crippen LogP contribution in [0.1, 0.15) is 19.3 Å². The number of hydrogen-bond donors (Lipinski definition) is 2. The number of H-pyrrole nitrogens is 1. The lowest BCUT2D eigenvalue weighted by atomic mass is 10.1. The number of hydrogen-bond acceptors (Lipinski definition) is 7. The Morgan fingerprint density at radius 3 is 3.09 bits per heavy atom. The molecule has 2 saturated heterocycles. The van der Waals surface area contributed by atoms with Gasteiger partial charge in [0.2, 0.25) is 0 Å². The van der Waals surface area contributed by atoms with Crippen molar-refractivity contribution in [1.29, 1.82) is 0 Å². The van der Waals surface area contributed by atoms with Crippen LogP contribution in [0.5, 0.6) is 0 Å². The Hall–Kier alpha value is -2.98. The average Bonchev–Trinajstić information content (AvgIpc) is 3.45. The van der Waals surface area contributed by atoms with Gasteiger partial charge in [-0.05, 0) is 18.9 Å². The number of likely N-dealkylation sites (tertiary alicyclic amines) is 1. The maximum Gasteiger partial charge on any atom is 0.410 e. The van der Waals surface area contributed by atoms with Crippen LogP contribution in [0.3, 0.4) is 0 Å². The molecule has 2 aliphatic rings. The lowest BCUT2D eigenvalue weighted by Crippen LogP contribution is -2.46. The molecule has 2 fully saturated rings. The number of carbonyl (C=O) groups excluding carboxylic acids is 1. The quantitative estimate of drug-likeness (QED) is 0.612. The number of piperidine rings is 1. The summed E-state index contributed by atoms with van der Waals surface area (Å²) in [5.74, 6) is -0.131. The Kier molecular flexibility index (Phi) is 5.79. The molecule has 0 saturated carbocycles. The van der Waals surface area contributed by atoms with Crippen LogP contribution in [0, 0.1) is 5.82 Å². The average molecular weight is 461 g/mol. The van der Waals surface area contributed by atoms with Crippen LogP contribution in [0.25, 0.3) is 22.4 Å². The van der Waals surface area contributed by atoms with Crippen molar-refractivity contribution in [2.24, 2.45) is 0 Å². The van der Waals surface area contributed by atoms with Crippen molar-refractivity contribution in [3.05, 3.63) is 35.5 Å². The summed E-state index contributed by atoms with van der Waals surface area (Å²) < 4.78 is 25.3. The number of aromatic nitrogens is 4. The highest BCUT2D eigenvalue weighted by Gasteiger charge is 2.28. The zero-order chi connectivity index (χ0) is 22.1. The van der Waals surface area contributed by atoms with Crippen LogP contribution in [-0.4, -0.2) is 69.4 Å². The van der Waals surface area contributed by atoms with Gasteiger partial charge in [0.15, 0.2) is 17.5 Å². The van der Waals surface area contributed by atoms with Gasteiger partial charge in [0, 0.05) is 48.9 Å². The predicted octanol–water partition coefficient (Wildman–Crippen LogP) is 3.61. The zero-order valence-electron chi connectivity index (χ0n) is 17.2.